The van der Waals surface area contributed by atoms with Gasteiger partial charge < -0.3 is 14.2 Å². The van der Waals surface area contributed by atoms with Gasteiger partial charge in [0.25, 0.3) is 0 Å². The lowest BCUT2D eigenvalue weighted by Gasteiger charge is -2.33. The average Bonchev–Trinajstić information content (AvgIpc) is 3.02. The number of rotatable bonds is 4. The Morgan fingerprint density at radius 2 is 2.25 bits per heavy atom. The van der Waals surface area contributed by atoms with Crippen molar-refractivity contribution >= 4 is 23.2 Å². The molecular formula is C17H20ClN3O3. The monoisotopic (exact) mass is 349 g/mol. The summed E-state index contributed by atoms with van der Waals surface area (Å²) in [6.07, 6.45) is 0.593. The van der Waals surface area contributed by atoms with Gasteiger partial charge in [0.15, 0.2) is 11.6 Å². The molecule has 0 fully saturated rings. The van der Waals surface area contributed by atoms with E-state index in [1.165, 1.54) is 0 Å². The molecule has 0 aliphatic carbocycles. The molecular weight excluding hydrogens is 330 g/mol. The van der Waals surface area contributed by atoms with Gasteiger partial charge in [0, 0.05) is 18.8 Å². The maximum Gasteiger partial charge on any atom is 0.227 e. The Morgan fingerprint density at radius 3 is 2.96 bits per heavy atom. The molecule has 1 aromatic carbocycles. The highest BCUT2D eigenvalue weighted by molar-refractivity contribution is 6.32. The van der Waals surface area contributed by atoms with Crippen LogP contribution in [-0.2, 0) is 11.2 Å². The largest absolute Gasteiger partial charge is 0.485 e. The normalized spacial score (nSPS) is 16.9. The van der Waals surface area contributed by atoms with E-state index >= 15 is 0 Å². The molecule has 1 aromatic heterocycles. The molecule has 1 amide bonds. The van der Waals surface area contributed by atoms with E-state index in [-0.39, 0.29) is 17.9 Å². The maximum atomic E-state index is 12.7. The molecule has 2 aromatic rings. The number of aromatic nitrogens is 2. The highest BCUT2D eigenvalue weighted by atomic mass is 35.5. The quantitative estimate of drug-likeness (QED) is 0.843. The zero-order chi connectivity index (χ0) is 17.3. The second-order valence-corrected chi connectivity index (χ2v) is 6.63. The Bertz CT molecular complexity index is 744. The molecule has 1 atom stereocenters. The molecule has 0 spiro atoms. The first kappa shape index (κ1) is 16.8. The van der Waals surface area contributed by atoms with Crippen LogP contribution < -0.4 is 9.64 Å². The number of para-hydroxylation sites is 1. The van der Waals surface area contributed by atoms with Crippen LogP contribution in [0.2, 0.25) is 5.02 Å². The van der Waals surface area contributed by atoms with Gasteiger partial charge in [-0.2, -0.15) is 4.98 Å². The van der Waals surface area contributed by atoms with Gasteiger partial charge in [0.05, 0.1) is 17.3 Å². The van der Waals surface area contributed by atoms with Gasteiger partial charge >= 0.3 is 0 Å². The summed E-state index contributed by atoms with van der Waals surface area (Å²) in [4.78, 5) is 18.7. The number of carbonyl (C=O) groups is 1. The number of carbonyl (C=O) groups excluding carboxylic acids is 1. The minimum absolute atomic E-state index is 0.0158. The van der Waals surface area contributed by atoms with Crippen LogP contribution >= 0.6 is 11.6 Å². The van der Waals surface area contributed by atoms with Gasteiger partial charge in [-0.15, -0.1) is 0 Å². The molecule has 1 aliphatic rings. The summed E-state index contributed by atoms with van der Waals surface area (Å²) in [7, 11) is 0. The first-order chi connectivity index (χ1) is 11.5. The number of hydrogen-bond acceptors (Lipinski definition) is 5. The SMILES string of the molecule is CC1CN(C(=O)CCc2nc(C(C)C)no2)c2cccc(Cl)c2O1. The molecule has 1 unspecified atom stereocenters. The third-order valence-corrected chi connectivity index (χ3v) is 4.15. The third-order valence-electron chi connectivity index (χ3n) is 3.85. The molecule has 24 heavy (non-hydrogen) atoms. The summed E-state index contributed by atoms with van der Waals surface area (Å²) >= 11 is 6.19. The first-order valence-electron chi connectivity index (χ1n) is 8.03. The van der Waals surface area contributed by atoms with E-state index in [0.29, 0.717) is 47.6 Å². The van der Waals surface area contributed by atoms with Crippen molar-refractivity contribution in [3.8, 4) is 5.75 Å². The summed E-state index contributed by atoms with van der Waals surface area (Å²) < 4.78 is 11.0. The van der Waals surface area contributed by atoms with Crippen molar-refractivity contribution in [2.24, 2.45) is 0 Å². The zero-order valence-corrected chi connectivity index (χ0v) is 14.7. The first-order valence-corrected chi connectivity index (χ1v) is 8.41. The number of hydrogen-bond donors (Lipinski definition) is 0. The van der Waals surface area contributed by atoms with Crippen LogP contribution in [0.3, 0.4) is 0 Å². The molecule has 128 valence electrons. The zero-order valence-electron chi connectivity index (χ0n) is 14.0. The van der Waals surface area contributed by atoms with Gasteiger partial charge in [0.1, 0.15) is 6.10 Å². The van der Waals surface area contributed by atoms with Crippen molar-refractivity contribution in [2.75, 3.05) is 11.4 Å². The second-order valence-electron chi connectivity index (χ2n) is 6.22. The standard InChI is InChI=1S/C17H20ClN3O3/c1-10(2)17-19-14(24-20-17)7-8-15(22)21-9-11(3)23-16-12(18)5-4-6-13(16)21/h4-6,10-11H,7-9H2,1-3H3. The van der Waals surface area contributed by atoms with Crippen molar-refractivity contribution in [1.29, 1.82) is 0 Å². The van der Waals surface area contributed by atoms with Crippen LogP contribution in [0.25, 0.3) is 0 Å². The Balaban J connectivity index is 1.72. The number of aryl methyl sites for hydroxylation is 1. The molecule has 2 heterocycles. The summed E-state index contributed by atoms with van der Waals surface area (Å²) in [6.45, 7) is 6.40. The Labute approximate surface area is 145 Å². The number of nitrogens with zero attached hydrogens (tertiary/aromatic N) is 3. The average molecular weight is 350 g/mol. The van der Waals surface area contributed by atoms with Gasteiger partial charge in [-0.25, -0.2) is 0 Å². The lowest BCUT2D eigenvalue weighted by molar-refractivity contribution is -0.119. The van der Waals surface area contributed by atoms with Gasteiger partial charge in [-0.3, -0.25) is 4.79 Å². The summed E-state index contributed by atoms with van der Waals surface area (Å²) in [5, 5.41) is 4.43. The molecule has 0 saturated carbocycles. The molecule has 7 heteroatoms. The van der Waals surface area contributed by atoms with Crippen molar-refractivity contribution in [2.45, 2.75) is 45.6 Å². The topological polar surface area (TPSA) is 68.5 Å². The number of fused-ring (bicyclic) bond motifs is 1. The molecule has 6 nitrogen and oxygen atoms in total. The van der Waals surface area contributed by atoms with Crippen LogP contribution in [0.1, 0.15) is 44.8 Å². The van der Waals surface area contributed by atoms with Gasteiger partial charge in [-0.05, 0) is 19.1 Å². The summed E-state index contributed by atoms with van der Waals surface area (Å²) in [5.41, 5.74) is 0.707. The van der Waals surface area contributed by atoms with Crippen LogP contribution in [0.4, 0.5) is 5.69 Å². The summed E-state index contributed by atoms with van der Waals surface area (Å²) in [6, 6.07) is 5.41. The molecule has 3 rings (SSSR count). The fraction of sp³-hybridized carbons (Fsp3) is 0.471. The number of halogens is 1. The van der Waals surface area contributed by atoms with Crippen LogP contribution in [0.15, 0.2) is 22.7 Å². The number of ether oxygens (including phenoxy) is 1. The second kappa shape index (κ2) is 6.81. The minimum Gasteiger partial charge on any atom is -0.485 e. The van der Waals surface area contributed by atoms with Gasteiger partial charge in [-0.1, -0.05) is 36.7 Å². The smallest absolute Gasteiger partial charge is 0.227 e. The predicted octanol–water partition coefficient (Wildman–Crippen LogP) is 3.59. The Morgan fingerprint density at radius 1 is 1.46 bits per heavy atom. The van der Waals surface area contributed by atoms with E-state index in [9.17, 15) is 4.79 Å². The maximum absolute atomic E-state index is 12.7. The van der Waals surface area contributed by atoms with Crippen molar-refractivity contribution in [3.05, 3.63) is 34.9 Å². The van der Waals surface area contributed by atoms with Crippen LogP contribution in [0, 0.1) is 0 Å². The van der Waals surface area contributed by atoms with Gasteiger partial charge in [0.2, 0.25) is 11.8 Å². The van der Waals surface area contributed by atoms with Crippen molar-refractivity contribution < 1.29 is 14.1 Å². The predicted molar refractivity (Wildman–Crippen MR) is 90.6 cm³/mol. The Kier molecular flexibility index (Phi) is 4.76. The van der Waals surface area contributed by atoms with E-state index < -0.39 is 0 Å². The minimum atomic E-state index is -0.114. The lowest BCUT2D eigenvalue weighted by Crippen LogP contribution is -2.42. The highest BCUT2D eigenvalue weighted by Gasteiger charge is 2.29. The lowest BCUT2D eigenvalue weighted by atomic mass is 10.1. The van der Waals surface area contributed by atoms with E-state index in [4.69, 9.17) is 20.9 Å². The number of benzene rings is 1. The molecule has 0 N–H and O–H groups in total. The fourth-order valence-corrected chi connectivity index (χ4v) is 2.82. The van der Waals surface area contributed by atoms with E-state index in [2.05, 4.69) is 10.1 Å². The van der Waals surface area contributed by atoms with Crippen molar-refractivity contribution in [3.63, 3.8) is 0 Å². The van der Waals surface area contributed by atoms with Crippen molar-refractivity contribution in [1.82, 2.24) is 10.1 Å². The molecule has 0 bridgehead atoms. The number of anilines is 1. The summed E-state index contributed by atoms with van der Waals surface area (Å²) in [5.74, 6) is 1.89. The van der Waals surface area contributed by atoms with Crippen LogP contribution in [-0.4, -0.2) is 28.7 Å². The van der Waals surface area contributed by atoms with E-state index in [1.807, 2.05) is 32.9 Å². The van der Waals surface area contributed by atoms with E-state index in [0.717, 1.165) is 0 Å². The number of amides is 1. The molecule has 0 radical (unpaired) electrons. The highest BCUT2D eigenvalue weighted by Crippen LogP contribution is 2.39. The third kappa shape index (κ3) is 3.38. The molecule has 1 aliphatic heterocycles. The Hall–Kier alpha value is -2.08. The van der Waals surface area contributed by atoms with E-state index in [1.54, 1.807) is 11.0 Å². The van der Waals surface area contributed by atoms with Crippen LogP contribution in [0.5, 0.6) is 5.75 Å². The molecule has 0 saturated heterocycles. The fourth-order valence-electron chi connectivity index (χ4n) is 2.61.